The van der Waals surface area contributed by atoms with Crippen molar-refractivity contribution >= 4 is 51.7 Å². The van der Waals surface area contributed by atoms with Gasteiger partial charge in [-0.2, -0.15) is 0 Å². The van der Waals surface area contributed by atoms with E-state index in [1.807, 2.05) is 26.0 Å². The maximum atomic E-state index is 13.5. The van der Waals surface area contributed by atoms with E-state index in [2.05, 4.69) is 16.7 Å². The summed E-state index contributed by atoms with van der Waals surface area (Å²) in [7, 11) is 0. The molecule has 2 aliphatic heterocycles. The monoisotopic (exact) mass is 457 g/mol. The molecule has 9 heteroatoms. The number of amides is 1. The van der Waals surface area contributed by atoms with Crippen LogP contribution in [0, 0.1) is 6.92 Å². The van der Waals surface area contributed by atoms with Crippen molar-refractivity contribution in [3.8, 4) is 0 Å². The highest BCUT2D eigenvalue weighted by molar-refractivity contribution is 8.26. The number of hydrogen-bond donors (Lipinski definition) is 0. The van der Waals surface area contributed by atoms with Crippen LogP contribution in [0.25, 0.3) is 11.7 Å². The van der Waals surface area contributed by atoms with Crippen LogP contribution >= 0.6 is 24.0 Å². The van der Waals surface area contributed by atoms with Gasteiger partial charge in [-0.3, -0.25) is 18.9 Å². The van der Waals surface area contributed by atoms with E-state index in [1.54, 1.807) is 21.6 Å². The number of aryl methyl sites for hydroxylation is 1. The summed E-state index contributed by atoms with van der Waals surface area (Å²) in [6, 6.07) is 3.80. The van der Waals surface area contributed by atoms with Crippen molar-refractivity contribution in [3.63, 3.8) is 0 Å². The van der Waals surface area contributed by atoms with Crippen molar-refractivity contribution in [2.24, 2.45) is 0 Å². The number of pyridine rings is 1. The van der Waals surface area contributed by atoms with Crippen LogP contribution in [0.5, 0.6) is 0 Å². The molecule has 0 spiro atoms. The summed E-state index contributed by atoms with van der Waals surface area (Å²) in [6.45, 7) is 11.1. The summed E-state index contributed by atoms with van der Waals surface area (Å²) < 4.78 is 2.11. The van der Waals surface area contributed by atoms with Crippen molar-refractivity contribution in [2.75, 3.05) is 44.2 Å². The quantitative estimate of drug-likeness (QED) is 0.505. The fraction of sp³-hybridized carbons (Fsp3) is 0.455. The lowest BCUT2D eigenvalue weighted by atomic mass is 10.2. The third-order valence-electron chi connectivity index (χ3n) is 5.78. The minimum atomic E-state index is -0.164. The third-order valence-corrected chi connectivity index (χ3v) is 7.16. The van der Waals surface area contributed by atoms with Crippen molar-refractivity contribution in [2.45, 2.75) is 27.2 Å². The third kappa shape index (κ3) is 4.14. The summed E-state index contributed by atoms with van der Waals surface area (Å²) >= 11 is 6.66. The van der Waals surface area contributed by atoms with Crippen LogP contribution in [0.15, 0.2) is 28.0 Å². The first kappa shape index (κ1) is 22.0. The van der Waals surface area contributed by atoms with Crippen LogP contribution in [0.2, 0.25) is 0 Å². The van der Waals surface area contributed by atoms with Crippen LogP contribution in [-0.2, 0) is 4.79 Å². The summed E-state index contributed by atoms with van der Waals surface area (Å²) in [5.74, 6) is 0.517. The lowest BCUT2D eigenvalue weighted by molar-refractivity contribution is -0.122. The zero-order valence-corrected chi connectivity index (χ0v) is 19.8. The number of piperazine rings is 1. The number of carbonyl (C=O) groups excluding carboxylic acids is 1. The fourth-order valence-electron chi connectivity index (χ4n) is 3.99. The molecule has 2 aliphatic rings. The molecule has 0 atom stereocenters. The van der Waals surface area contributed by atoms with Gasteiger partial charge in [-0.05, 0) is 37.6 Å². The lowest BCUT2D eigenvalue weighted by Gasteiger charge is -2.35. The van der Waals surface area contributed by atoms with Crippen LogP contribution in [0.4, 0.5) is 5.82 Å². The Kier molecular flexibility index (Phi) is 6.45. The molecule has 0 aromatic carbocycles. The maximum Gasteiger partial charge on any atom is 0.267 e. The van der Waals surface area contributed by atoms with Gasteiger partial charge in [0.15, 0.2) is 0 Å². The largest absolute Gasteiger partial charge is 0.353 e. The van der Waals surface area contributed by atoms with Gasteiger partial charge in [0, 0.05) is 38.9 Å². The number of thioether (sulfide) groups is 1. The van der Waals surface area contributed by atoms with Crippen molar-refractivity contribution < 1.29 is 4.79 Å². The fourth-order valence-corrected chi connectivity index (χ4v) is 5.28. The van der Waals surface area contributed by atoms with Crippen molar-refractivity contribution in [1.29, 1.82) is 0 Å². The van der Waals surface area contributed by atoms with E-state index < -0.39 is 0 Å². The predicted octanol–water partition coefficient (Wildman–Crippen LogP) is 2.76. The van der Waals surface area contributed by atoms with Crippen molar-refractivity contribution in [3.05, 3.63) is 44.7 Å². The van der Waals surface area contributed by atoms with Gasteiger partial charge >= 0.3 is 0 Å². The summed E-state index contributed by atoms with van der Waals surface area (Å²) in [5.41, 5.74) is 1.87. The van der Waals surface area contributed by atoms with Gasteiger partial charge in [0.25, 0.3) is 11.5 Å². The maximum absolute atomic E-state index is 13.5. The Morgan fingerprint density at radius 2 is 1.94 bits per heavy atom. The Hall–Kier alpha value is -2.23. The summed E-state index contributed by atoms with van der Waals surface area (Å²) in [6.07, 6.45) is 4.25. The second-order valence-corrected chi connectivity index (χ2v) is 9.47. The molecule has 0 radical (unpaired) electrons. The van der Waals surface area contributed by atoms with E-state index in [4.69, 9.17) is 17.2 Å². The number of rotatable bonds is 5. The first-order valence-corrected chi connectivity index (χ1v) is 11.9. The molecule has 0 unspecified atom stereocenters. The van der Waals surface area contributed by atoms with E-state index in [0.29, 0.717) is 32.8 Å². The topological polar surface area (TPSA) is 61.2 Å². The molecule has 2 fully saturated rings. The molecular formula is C22H27N5O2S2. The number of aromatic nitrogens is 2. The zero-order chi connectivity index (χ0) is 22.1. The highest BCUT2D eigenvalue weighted by atomic mass is 32.2. The first-order valence-electron chi connectivity index (χ1n) is 10.7. The van der Waals surface area contributed by atoms with E-state index >= 15 is 0 Å². The molecule has 0 N–H and O–H groups in total. The molecule has 164 valence electrons. The minimum Gasteiger partial charge on any atom is -0.353 e. The number of hydrogen-bond acceptors (Lipinski definition) is 7. The summed E-state index contributed by atoms with van der Waals surface area (Å²) in [4.78, 5) is 38.0. The van der Waals surface area contributed by atoms with Gasteiger partial charge in [-0.25, -0.2) is 4.98 Å². The van der Waals surface area contributed by atoms with E-state index in [1.165, 1.54) is 11.8 Å². The molecule has 0 saturated carbocycles. The van der Waals surface area contributed by atoms with E-state index in [0.717, 1.165) is 44.7 Å². The summed E-state index contributed by atoms with van der Waals surface area (Å²) in [5, 5.41) is 0. The molecule has 1 amide bonds. The second-order valence-electron chi connectivity index (χ2n) is 7.79. The van der Waals surface area contributed by atoms with Gasteiger partial charge in [-0.15, -0.1) is 0 Å². The number of nitrogens with zero attached hydrogens (tertiary/aromatic N) is 5. The molecule has 2 aromatic heterocycles. The molecule has 7 nitrogen and oxygen atoms in total. The highest BCUT2D eigenvalue weighted by Crippen LogP contribution is 2.33. The molecule has 0 bridgehead atoms. The van der Waals surface area contributed by atoms with Gasteiger partial charge in [0.05, 0.1) is 10.5 Å². The SMILES string of the molecule is CCCN1C(=O)/C(=C/c2c(N3CCN(CC)CC3)nc3c(C)cccn3c2=O)SC1=S. The molecule has 4 heterocycles. The van der Waals surface area contributed by atoms with Gasteiger partial charge in [-0.1, -0.05) is 43.9 Å². The van der Waals surface area contributed by atoms with Gasteiger partial charge in [0.1, 0.15) is 15.8 Å². The molecule has 2 aromatic rings. The number of anilines is 1. The number of thiocarbonyl (C=S) groups is 1. The lowest BCUT2D eigenvalue weighted by Crippen LogP contribution is -2.47. The van der Waals surface area contributed by atoms with Crippen LogP contribution in [0.3, 0.4) is 0 Å². The Balaban J connectivity index is 1.84. The standard InChI is InChI=1S/C22H27N5O2S2/c1-4-8-27-21(29)17(31-22(27)30)14-16-19(25-12-10-24(5-2)11-13-25)23-18-15(3)7-6-9-26(18)20(16)28/h6-7,9,14H,4-5,8,10-13H2,1-3H3/b17-14-. The minimum absolute atomic E-state index is 0.132. The van der Waals surface area contributed by atoms with Crippen LogP contribution < -0.4 is 10.5 Å². The predicted molar refractivity (Wildman–Crippen MR) is 131 cm³/mol. The Bertz CT molecular complexity index is 1120. The average molecular weight is 458 g/mol. The number of carbonyl (C=O) groups is 1. The average Bonchev–Trinajstić information content (AvgIpc) is 3.04. The molecule has 2 saturated heterocycles. The van der Waals surface area contributed by atoms with Crippen molar-refractivity contribution in [1.82, 2.24) is 19.2 Å². The molecular weight excluding hydrogens is 430 g/mol. The number of likely N-dealkylation sites (N-methyl/N-ethyl adjacent to an activating group) is 1. The zero-order valence-electron chi connectivity index (χ0n) is 18.1. The highest BCUT2D eigenvalue weighted by Gasteiger charge is 2.32. The van der Waals surface area contributed by atoms with Crippen LogP contribution in [0.1, 0.15) is 31.4 Å². The Morgan fingerprint density at radius 1 is 1.19 bits per heavy atom. The molecule has 0 aliphatic carbocycles. The normalized spacial score (nSPS) is 19.3. The smallest absolute Gasteiger partial charge is 0.267 e. The van der Waals surface area contributed by atoms with Gasteiger partial charge < -0.3 is 9.80 Å². The molecule has 4 rings (SSSR count). The number of fused-ring (bicyclic) bond motifs is 1. The Morgan fingerprint density at radius 3 is 2.61 bits per heavy atom. The van der Waals surface area contributed by atoms with E-state index in [9.17, 15) is 9.59 Å². The van der Waals surface area contributed by atoms with E-state index in [-0.39, 0.29) is 11.5 Å². The second kappa shape index (κ2) is 9.10. The molecule has 31 heavy (non-hydrogen) atoms. The Labute approximate surface area is 191 Å². The van der Waals surface area contributed by atoms with Crippen LogP contribution in [-0.4, -0.2) is 68.7 Å². The van der Waals surface area contributed by atoms with Gasteiger partial charge in [0.2, 0.25) is 0 Å². The first-order chi connectivity index (χ1) is 14.9.